The Bertz CT molecular complexity index is 976. The number of anilines is 1. The number of aromatic nitrogens is 3. The van der Waals surface area contributed by atoms with Gasteiger partial charge in [-0.2, -0.15) is 18.0 Å². The second kappa shape index (κ2) is 5.77. The van der Waals surface area contributed by atoms with Crippen LogP contribution in [0.2, 0.25) is 5.02 Å². The van der Waals surface area contributed by atoms with Crippen LogP contribution in [0.4, 0.5) is 5.69 Å². The minimum Gasteiger partial charge on any atom is -0.278 e. The smallest absolute Gasteiger partial charge is 0.278 e. The van der Waals surface area contributed by atoms with Crippen LogP contribution < -0.4 is 4.72 Å². The zero-order chi connectivity index (χ0) is 16.8. The fourth-order valence-electron chi connectivity index (χ4n) is 2.22. The largest absolute Gasteiger partial charge is 0.281 e. The molecule has 0 saturated carbocycles. The van der Waals surface area contributed by atoms with Crippen LogP contribution in [0.5, 0.6) is 0 Å². The minimum absolute atomic E-state index is 0.0462. The lowest BCUT2D eigenvalue weighted by molar-refractivity contribution is 0.589. The maximum absolute atomic E-state index is 12.9. The standard InChI is InChI=1S/C14H15ClN4O2S2/c1-8(2)12-13(19-14(16-12)22-9(3)17-19)23(20,21)18-11-6-4-5-10(15)7-11/h4-8,18H,1-3H3. The minimum atomic E-state index is -3.84. The van der Waals surface area contributed by atoms with Gasteiger partial charge >= 0.3 is 0 Å². The number of nitrogens with zero attached hydrogens (tertiary/aromatic N) is 3. The number of hydrogen-bond donors (Lipinski definition) is 1. The zero-order valence-corrected chi connectivity index (χ0v) is 15.1. The maximum atomic E-state index is 12.9. The Morgan fingerprint density at radius 3 is 2.74 bits per heavy atom. The fraction of sp³-hybridized carbons (Fsp3) is 0.286. The van der Waals surface area contributed by atoms with Crippen molar-refractivity contribution in [1.29, 1.82) is 0 Å². The van der Waals surface area contributed by atoms with Crippen LogP contribution in [0.1, 0.15) is 30.5 Å². The van der Waals surface area contributed by atoms with E-state index in [2.05, 4.69) is 14.8 Å². The van der Waals surface area contributed by atoms with Gasteiger partial charge in [-0.1, -0.05) is 42.9 Å². The molecule has 3 rings (SSSR count). The van der Waals surface area contributed by atoms with E-state index in [0.29, 0.717) is 21.4 Å². The van der Waals surface area contributed by atoms with Gasteiger partial charge in [0.05, 0.1) is 11.4 Å². The number of nitrogens with one attached hydrogen (secondary N) is 1. The van der Waals surface area contributed by atoms with Crippen LogP contribution in [-0.4, -0.2) is 23.0 Å². The summed E-state index contributed by atoms with van der Waals surface area (Å²) in [5.74, 6) is -0.0462. The summed E-state index contributed by atoms with van der Waals surface area (Å²) in [5.41, 5.74) is 0.896. The lowest BCUT2D eigenvalue weighted by atomic mass is 10.2. The molecule has 9 heteroatoms. The highest BCUT2D eigenvalue weighted by molar-refractivity contribution is 7.92. The first kappa shape index (κ1) is 16.2. The molecule has 2 heterocycles. The number of fused-ring (bicyclic) bond motifs is 1. The summed E-state index contributed by atoms with van der Waals surface area (Å²) in [6, 6.07) is 6.56. The van der Waals surface area contributed by atoms with Crippen molar-refractivity contribution in [2.75, 3.05) is 4.72 Å². The third-order valence-electron chi connectivity index (χ3n) is 3.17. The molecule has 0 aliphatic rings. The molecule has 0 amide bonds. The molecule has 0 atom stereocenters. The van der Waals surface area contributed by atoms with Gasteiger partial charge in [0.15, 0.2) is 0 Å². The fourth-order valence-corrected chi connectivity index (χ4v) is 4.67. The van der Waals surface area contributed by atoms with E-state index in [-0.39, 0.29) is 10.9 Å². The van der Waals surface area contributed by atoms with Crippen LogP contribution in [0.3, 0.4) is 0 Å². The van der Waals surface area contributed by atoms with Gasteiger partial charge in [-0.15, -0.1) is 0 Å². The molecule has 6 nitrogen and oxygen atoms in total. The average Bonchev–Trinajstić information content (AvgIpc) is 2.93. The number of benzene rings is 1. The SMILES string of the molecule is Cc1nn2c(S(=O)(=O)Nc3cccc(Cl)c3)c(C(C)C)nc2s1. The summed E-state index contributed by atoms with van der Waals surface area (Å²) in [6.45, 7) is 5.62. The topological polar surface area (TPSA) is 76.4 Å². The van der Waals surface area contributed by atoms with E-state index in [4.69, 9.17) is 11.6 Å². The number of imidazole rings is 1. The summed E-state index contributed by atoms with van der Waals surface area (Å²) in [4.78, 5) is 5.00. The Labute approximate surface area is 143 Å². The van der Waals surface area contributed by atoms with Crippen molar-refractivity contribution in [2.45, 2.75) is 31.7 Å². The monoisotopic (exact) mass is 370 g/mol. The first-order valence-electron chi connectivity index (χ1n) is 6.92. The summed E-state index contributed by atoms with van der Waals surface area (Å²) >= 11 is 7.27. The van der Waals surface area contributed by atoms with Gasteiger partial charge in [-0.3, -0.25) is 4.72 Å². The molecule has 23 heavy (non-hydrogen) atoms. The van der Waals surface area contributed by atoms with Crippen molar-refractivity contribution in [1.82, 2.24) is 14.6 Å². The maximum Gasteiger partial charge on any atom is 0.281 e. The highest BCUT2D eigenvalue weighted by Crippen LogP contribution is 2.29. The second-order valence-electron chi connectivity index (χ2n) is 5.39. The second-order valence-corrected chi connectivity index (χ2v) is 8.58. The Balaban J connectivity index is 2.15. The first-order chi connectivity index (χ1) is 10.8. The van der Waals surface area contributed by atoms with Crippen molar-refractivity contribution in [3.63, 3.8) is 0 Å². The van der Waals surface area contributed by atoms with Gasteiger partial charge in [0.1, 0.15) is 5.01 Å². The summed E-state index contributed by atoms with van der Waals surface area (Å²) in [5, 5.41) is 5.55. The molecule has 1 aromatic carbocycles. The lowest BCUT2D eigenvalue weighted by Crippen LogP contribution is -2.17. The first-order valence-corrected chi connectivity index (χ1v) is 9.60. The molecule has 122 valence electrons. The lowest BCUT2D eigenvalue weighted by Gasteiger charge is -2.10. The molecule has 0 aliphatic heterocycles. The molecular formula is C14H15ClN4O2S2. The molecule has 0 saturated heterocycles. The predicted molar refractivity (Wildman–Crippen MR) is 92.0 cm³/mol. The van der Waals surface area contributed by atoms with Crippen molar-refractivity contribution >= 4 is 43.6 Å². The Kier molecular flexibility index (Phi) is 4.07. The number of halogens is 1. The molecule has 0 unspecified atom stereocenters. The summed E-state index contributed by atoms with van der Waals surface area (Å²) in [7, 11) is -3.84. The van der Waals surface area contributed by atoms with Crippen LogP contribution in [-0.2, 0) is 10.0 Å². The van der Waals surface area contributed by atoms with E-state index in [9.17, 15) is 8.42 Å². The summed E-state index contributed by atoms with van der Waals surface area (Å²) in [6.07, 6.45) is 0. The normalized spacial score (nSPS) is 12.2. The molecule has 0 bridgehead atoms. The highest BCUT2D eigenvalue weighted by atomic mass is 35.5. The Hall–Kier alpha value is -1.64. The quantitative estimate of drug-likeness (QED) is 0.760. The van der Waals surface area contributed by atoms with Crippen molar-refractivity contribution in [3.8, 4) is 0 Å². The van der Waals surface area contributed by atoms with Crippen LogP contribution in [0, 0.1) is 6.92 Å². The van der Waals surface area contributed by atoms with Gasteiger partial charge in [0.25, 0.3) is 10.0 Å². The van der Waals surface area contributed by atoms with Crippen molar-refractivity contribution < 1.29 is 8.42 Å². The molecule has 0 fully saturated rings. The highest BCUT2D eigenvalue weighted by Gasteiger charge is 2.29. The van der Waals surface area contributed by atoms with E-state index in [1.54, 1.807) is 24.3 Å². The van der Waals surface area contributed by atoms with E-state index < -0.39 is 10.0 Å². The van der Waals surface area contributed by atoms with E-state index in [0.717, 1.165) is 5.01 Å². The molecule has 0 radical (unpaired) electrons. The van der Waals surface area contributed by atoms with Crippen molar-refractivity contribution in [3.05, 3.63) is 40.0 Å². The van der Waals surface area contributed by atoms with Crippen LogP contribution >= 0.6 is 22.9 Å². The Morgan fingerprint density at radius 2 is 2.09 bits per heavy atom. The number of rotatable bonds is 4. The predicted octanol–water partition coefficient (Wildman–Crippen LogP) is 3.68. The van der Waals surface area contributed by atoms with Crippen LogP contribution in [0.25, 0.3) is 4.96 Å². The zero-order valence-electron chi connectivity index (χ0n) is 12.7. The van der Waals surface area contributed by atoms with Crippen molar-refractivity contribution in [2.24, 2.45) is 0 Å². The third-order valence-corrected chi connectivity index (χ3v) is 5.62. The Morgan fingerprint density at radius 1 is 1.35 bits per heavy atom. The van der Waals surface area contributed by atoms with Gasteiger partial charge < -0.3 is 0 Å². The average molecular weight is 371 g/mol. The van der Waals surface area contributed by atoms with Gasteiger partial charge in [0, 0.05) is 5.02 Å². The molecule has 2 aromatic heterocycles. The third kappa shape index (κ3) is 3.06. The number of sulfonamides is 1. The molecule has 3 aromatic rings. The molecule has 1 N–H and O–H groups in total. The van der Waals surface area contributed by atoms with Gasteiger partial charge in [0.2, 0.25) is 9.99 Å². The number of hydrogen-bond acceptors (Lipinski definition) is 5. The van der Waals surface area contributed by atoms with Gasteiger partial charge in [-0.25, -0.2) is 4.98 Å². The summed E-state index contributed by atoms with van der Waals surface area (Å²) < 4.78 is 29.7. The van der Waals surface area contributed by atoms with Gasteiger partial charge in [-0.05, 0) is 31.0 Å². The van der Waals surface area contributed by atoms with Crippen LogP contribution in [0.15, 0.2) is 29.3 Å². The molecular weight excluding hydrogens is 356 g/mol. The molecule has 0 aliphatic carbocycles. The number of aryl methyl sites for hydroxylation is 1. The van der Waals surface area contributed by atoms with E-state index in [1.807, 2.05) is 20.8 Å². The van der Waals surface area contributed by atoms with E-state index >= 15 is 0 Å². The molecule has 0 spiro atoms. The van der Waals surface area contributed by atoms with E-state index in [1.165, 1.54) is 15.9 Å².